The summed E-state index contributed by atoms with van der Waals surface area (Å²) in [7, 11) is 0. The van der Waals surface area contributed by atoms with E-state index in [1.165, 1.54) is 0 Å². The Kier molecular flexibility index (Phi) is 7.16. The summed E-state index contributed by atoms with van der Waals surface area (Å²) in [5.41, 5.74) is 2.59. The third-order valence-electron chi connectivity index (χ3n) is 4.01. The molecular weight excluding hydrogens is 382 g/mol. The van der Waals surface area contributed by atoms with Crippen molar-refractivity contribution in [3.8, 4) is 5.75 Å². The lowest BCUT2D eigenvalue weighted by molar-refractivity contribution is 0.166. The van der Waals surface area contributed by atoms with Crippen molar-refractivity contribution < 1.29 is 19.2 Å². The quantitative estimate of drug-likeness (QED) is 0.316. The highest BCUT2D eigenvalue weighted by Crippen LogP contribution is 2.16. The molecule has 0 aliphatic heterocycles. The van der Waals surface area contributed by atoms with Gasteiger partial charge in [-0.2, -0.15) is 0 Å². The topological polar surface area (TPSA) is 89.0 Å². The van der Waals surface area contributed by atoms with Crippen LogP contribution in [0.3, 0.4) is 0 Å². The highest BCUT2D eigenvalue weighted by molar-refractivity contribution is 6.00. The maximum Gasteiger partial charge on any atom is 0.437 e. The zero-order valence-corrected chi connectivity index (χ0v) is 16.4. The Morgan fingerprint density at radius 3 is 1.83 bits per heavy atom. The van der Waals surface area contributed by atoms with Gasteiger partial charge in [-0.3, -0.25) is 15.5 Å². The third-order valence-corrected chi connectivity index (χ3v) is 4.01. The standard InChI is InChI=1S/C23H21N3O4/c1-2-21(26-30-23(28)25-19-11-7-4-8-12-19)17-13-15-20(16-14-17)29-22(27)24-18-9-5-3-6-10-18/h3-16H,2H2,1H3,(H,24,27)(H,25,28). The van der Waals surface area contributed by atoms with Crippen molar-refractivity contribution in [2.45, 2.75) is 13.3 Å². The van der Waals surface area contributed by atoms with Crippen LogP contribution in [0.1, 0.15) is 18.9 Å². The number of carbonyl (C=O) groups excluding carboxylic acids is 2. The minimum absolute atomic E-state index is 0.380. The molecule has 0 unspecified atom stereocenters. The number of anilines is 2. The summed E-state index contributed by atoms with van der Waals surface area (Å²) in [5, 5.41) is 9.17. The lowest BCUT2D eigenvalue weighted by Crippen LogP contribution is -2.16. The van der Waals surface area contributed by atoms with Crippen molar-refractivity contribution in [1.82, 2.24) is 0 Å². The first kappa shape index (κ1) is 20.6. The van der Waals surface area contributed by atoms with E-state index in [9.17, 15) is 9.59 Å². The smallest absolute Gasteiger partial charge is 0.410 e. The largest absolute Gasteiger partial charge is 0.437 e. The Hall–Kier alpha value is -4.13. The van der Waals surface area contributed by atoms with Crippen molar-refractivity contribution in [2.75, 3.05) is 10.6 Å². The van der Waals surface area contributed by atoms with E-state index in [0.717, 1.165) is 5.56 Å². The molecule has 7 heteroatoms. The monoisotopic (exact) mass is 403 g/mol. The molecule has 0 saturated carbocycles. The van der Waals surface area contributed by atoms with Crippen molar-refractivity contribution in [2.24, 2.45) is 5.16 Å². The van der Waals surface area contributed by atoms with Gasteiger partial charge in [0.2, 0.25) is 0 Å². The van der Waals surface area contributed by atoms with Gasteiger partial charge in [-0.25, -0.2) is 9.59 Å². The van der Waals surface area contributed by atoms with E-state index in [0.29, 0.717) is 29.3 Å². The Labute approximate surface area is 174 Å². The first-order valence-electron chi connectivity index (χ1n) is 9.38. The molecule has 2 amide bonds. The normalized spacial score (nSPS) is 10.8. The molecule has 3 aromatic rings. The van der Waals surface area contributed by atoms with Gasteiger partial charge in [0.05, 0.1) is 5.71 Å². The van der Waals surface area contributed by atoms with Crippen LogP contribution in [0.5, 0.6) is 5.75 Å². The van der Waals surface area contributed by atoms with Crippen LogP contribution in [0.25, 0.3) is 0 Å². The van der Waals surface area contributed by atoms with Crippen molar-refractivity contribution in [3.63, 3.8) is 0 Å². The van der Waals surface area contributed by atoms with E-state index < -0.39 is 12.2 Å². The minimum Gasteiger partial charge on any atom is -0.410 e. The molecule has 2 N–H and O–H groups in total. The lowest BCUT2D eigenvalue weighted by atomic mass is 10.1. The Morgan fingerprint density at radius 2 is 1.30 bits per heavy atom. The van der Waals surface area contributed by atoms with Crippen LogP contribution < -0.4 is 15.4 Å². The van der Waals surface area contributed by atoms with Crippen LogP contribution in [-0.2, 0) is 4.84 Å². The van der Waals surface area contributed by atoms with E-state index in [2.05, 4.69) is 15.8 Å². The molecule has 30 heavy (non-hydrogen) atoms. The van der Waals surface area contributed by atoms with Crippen LogP contribution in [0, 0.1) is 0 Å². The number of hydrogen-bond donors (Lipinski definition) is 2. The van der Waals surface area contributed by atoms with Crippen LogP contribution in [0.4, 0.5) is 21.0 Å². The third kappa shape index (κ3) is 6.20. The molecule has 0 aliphatic carbocycles. The van der Waals surface area contributed by atoms with Crippen LogP contribution in [0.15, 0.2) is 90.1 Å². The van der Waals surface area contributed by atoms with Gasteiger partial charge in [-0.1, -0.05) is 48.5 Å². The van der Waals surface area contributed by atoms with Crippen molar-refractivity contribution in [3.05, 3.63) is 90.5 Å². The number of rotatable bonds is 6. The molecule has 152 valence electrons. The second kappa shape index (κ2) is 10.4. The molecule has 0 heterocycles. The summed E-state index contributed by atoms with van der Waals surface area (Å²) in [5.74, 6) is 0.380. The fourth-order valence-electron chi connectivity index (χ4n) is 2.57. The summed E-state index contributed by atoms with van der Waals surface area (Å²) in [6, 6.07) is 24.8. The SMILES string of the molecule is CCC(=NOC(=O)Nc1ccccc1)c1ccc(OC(=O)Nc2ccccc2)cc1. The van der Waals surface area contributed by atoms with Crippen LogP contribution in [0.2, 0.25) is 0 Å². The molecule has 0 spiro atoms. The van der Waals surface area contributed by atoms with Crippen LogP contribution in [-0.4, -0.2) is 17.9 Å². The molecule has 0 aliphatic rings. The molecule has 0 saturated heterocycles. The first-order chi connectivity index (χ1) is 14.6. The fraction of sp³-hybridized carbons (Fsp3) is 0.0870. The number of oxime groups is 1. The average Bonchev–Trinajstić information content (AvgIpc) is 2.76. The van der Waals surface area contributed by atoms with Gasteiger partial charge in [0.15, 0.2) is 0 Å². The number of nitrogens with zero attached hydrogens (tertiary/aromatic N) is 1. The zero-order valence-electron chi connectivity index (χ0n) is 16.4. The van der Waals surface area contributed by atoms with Crippen LogP contribution >= 0.6 is 0 Å². The van der Waals surface area contributed by atoms with Gasteiger partial charge in [-0.15, -0.1) is 0 Å². The maximum atomic E-state index is 12.0. The summed E-state index contributed by atoms with van der Waals surface area (Å²) in [6.45, 7) is 1.90. The number of carbonyl (C=O) groups is 2. The molecule has 0 bridgehead atoms. The second-order valence-corrected chi connectivity index (χ2v) is 6.17. The van der Waals surface area contributed by atoms with Crippen molar-refractivity contribution >= 4 is 29.3 Å². The summed E-state index contributed by atoms with van der Waals surface area (Å²) in [6.07, 6.45) is -0.711. The molecule has 0 radical (unpaired) electrons. The van der Waals surface area contributed by atoms with E-state index in [1.54, 1.807) is 60.7 Å². The summed E-state index contributed by atoms with van der Waals surface area (Å²) in [4.78, 5) is 28.8. The second-order valence-electron chi connectivity index (χ2n) is 6.17. The van der Waals surface area contributed by atoms with Gasteiger partial charge in [0.1, 0.15) is 5.75 Å². The van der Waals surface area contributed by atoms with Gasteiger partial charge in [-0.05, 0) is 60.5 Å². The minimum atomic E-state index is -0.676. The number of benzene rings is 3. The summed E-state index contributed by atoms with van der Waals surface area (Å²) >= 11 is 0. The average molecular weight is 403 g/mol. The van der Waals surface area contributed by atoms with E-state index in [4.69, 9.17) is 9.57 Å². The fourth-order valence-corrected chi connectivity index (χ4v) is 2.57. The van der Waals surface area contributed by atoms with Crippen molar-refractivity contribution in [1.29, 1.82) is 0 Å². The Balaban J connectivity index is 1.57. The molecule has 7 nitrogen and oxygen atoms in total. The highest BCUT2D eigenvalue weighted by Gasteiger charge is 2.08. The number of amides is 2. The lowest BCUT2D eigenvalue weighted by Gasteiger charge is -2.08. The highest BCUT2D eigenvalue weighted by atomic mass is 16.7. The van der Waals surface area contributed by atoms with Gasteiger partial charge >= 0.3 is 12.2 Å². The number of hydrogen-bond acceptors (Lipinski definition) is 5. The maximum absolute atomic E-state index is 12.0. The molecule has 3 aromatic carbocycles. The molecule has 0 fully saturated rings. The van der Waals surface area contributed by atoms with E-state index >= 15 is 0 Å². The predicted octanol–water partition coefficient (Wildman–Crippen LogP) is 5.66. The molecule has 0 atom stereocenters. The summed E-state index contributed by atoms with van der Waals surface area (Å²) < 4.78 is 5.27. The Morgan fingerprint density at radius 1 is 0.767 bits per heavy atom. The number of ether oxygens (including phenoxy) is 1. The number of para-hydroxylation sites is 2. The van der Waals surface area contributed by atoms with Gasteiger partial charge in [0, 0.05) is 11.4 Å². The zero-order chi connectivity index (χ0) is 21.2. The van der Waals surface area contributed by atoms with E-state index in [-0.39, 0.29) is 0 Å². The number of nitrogens with one attached hydrogen (secondary N) is 2. The molecular formula is C23H21N3O4. The Bertz CT molecular complexity index is 1000. The predicted molar refractivity (Wildman–Crippen MR) is 116 cm³/mol. The molecule has 3 rings (SSSR count). The van der Waals surface area contributed by atoms with Gasteiger partial charge in [0.25, 0.3) is 0 Å². The van der Waals surface area contributed by atoms with Gasteiger partial charge < -0.3 is 4.74 Å². The first-order valence-corrected chi connectivity index (χ1v) is 9.38. The molecule has 0 aromatic heterocycles. The van der Waals surface area contributed by atoms with E-state index in [1.807, 2.05) is 31.2 Å².